The molecule has 1 N–H and O–H groups in total. The molecule has 0 saturated heterocycles. The molecule has 1 aromatic carbocycles. The van der Waals surface area contributed by atoms with Gasteiger partial charge in [-0.3, -0.25) is 9.48 Å². The zero-order valence-electron chi connectivity index (χ0n) is 9.44. The monoisotopic (exact) mass is 311 g/mol. The Hall–Kier alpha value is -1.69. The molecule has 0 radical (unpaired) electrons. The summed E-state index contributed by atoms with van der Waals surface area (Å²) in [7, 11) is 0. The Bertz CT molecular complexity index is 542. The molecule has 0 aliphatic heterocycles. The highest BCUT2D eigenvalue weighted by atomic mass is 79.9. The summed E-state index contributed by atoms with van der Waals surface area (Å²) in [5.41, 5.74) is 0.0404. The molecule has 0 bridgehead atoms. The quantitative estimate of drug-likeness (QED) is 0.941. The van der Waals surface area contributed by atoms with Gasteiger partial charge in [-0.1, -0.05) is 15.9 Å². The van der Waals surface area contributed by atoms with Crippen LogP contribution in [0, 0.1) is 5.82 Å². The highest BCUT2D eigenvalue weighted by Crippen LogP contribution is 2.14. The van der Waals surface area contributed by atoms with Crippen molar-refractivity contribution < 1.29 is 9.18 Å². The maximum atomic E-state index is 13.5. The minimum Gasteiger partial charge on any atom is -0.350 e. The van der Waals surface area contributed by atoms with E-state index >= 15 is 0 Å². The lowest BCUT2D eigenvalue weighted by Gasteiger charge is -2.06. The van der Waals surface area contributed by atoms with Gasteiger partial charge in [0, 0.05) is 23.4 Å². The molecule has 0 spiro atoms. The third-order valence-electron chi connectivity index (χ3n) is 2.36. The molecule has 6 heteroatoms. The van der Waals surface area contributed by atoms with E-state index in [1.165, 1.54) is 12.1 Å². The van der Waals surface area contributed by atoms with E-state index in [0.29, 0.717) is 17.6 Å². The van der Waals surface area contributed by atoms with Gasteiger partial charge < -0.3 is 5.32 Å². The van der Waals surface area contributed by atoms with Crippen molar-refractivity contribution in [3.63, 3.8) is 0 Å². The molecule has 2 aromatic rings. The van der Waals surface area contributed by atoms with Gasteiger partial charge >= 0.3 is 0 Å². The molecular formula is C12H11BrFN3O. The van der Waals surface area contributed by atoms with Gasteiger partial charge in [0.25, 0.3) is 5.91 Å². The second kappa shape index (κ2) is 5.77. The molecule has 18 heavy (non-hydrogen) atoms. The molecule has 0 atom stereocenters. The number of carbonyl (C=O) groups excluding carboxylic acids is 1. The predicted molar refractivity (Wildman–Crippen MR) is 68.7 cm³/mol. The predicted octanol–water partition coefficient (Wildman–Crippen LogP) is 2.21. The van der Waals surface area contributed by atoms with Crippen LogP contribution >= 0.6 is 15.9 Å². The third kappa shape index (κ3) is 3.16. The number of nitrogens with one attached hydrogen (secondary N) is 1. The van der Waals surface area contributed by atoms with Gasteiger partial charge in [0.1, 0.15) is 5.82 Å². The van der Waals surface area contributed by atoms with E-state index in [1.807, 2.05) is 0 Å². The second-order valence-corrected chi connectivity index (χ2v) is 4.56. The summed E-state index contributed by atoms with van der Waals surface area (Å²) in [4.78, 5) is 11.7. The lowest BCUT2D eigenvalue weighted by molar-refractivity contribution is 0.0948. The van der Waals surface area contributed by atoms with E-state index in [9.17, 15) is 9.18 Å². The van der Waals surface area contributed by atoms with Gasteiger partial charge in [-0.25, -0.2) is 4.39 Å². The van der Waals surface area contributed by atoms with E-state index in [4.69, 9.17) is 0 Å². The average Bonchev–Trinajstić information content (AvgIpc) is 2.81. The first-order chi connectivity index (χ1) is 8.66. The molecule has 1 amide bonds. The molecule has 4 nitrogen and oxygen atoms in total. The standard InChI is InChI=1S/C12H11BrFN3O/c13-9-2-3-10(11(14)8-9)12(18)15-5-7-17-6-1-4-16-17/h1-4,6,8H,5,7H2,(H,15,18). The zero-order chi connectivity index (χ0) is 13.0. The van der Waals surface area contributed by atoms with Crippen molar-refractivity contribution >= 4 is 21.8 Å². The Morgan fingerprint density at radius 3 is 3.00 bits per heavy atom. The lowest BCUT2D eigenvalue weighted by atomic mass is 10.2. The van der Waals surface area contributed by atoms with Gasteiger partial charge in [-0.15, -0.1) is 0 Å². The smallest absolute Gasteiger partial charge is 0.254 e. The summed E-state index contributed by atoms with van der Waals surface area (Å²) < 4.78 is 15.8. The first kappa shape index (κ1) is 12.8. The van der Waals surface area contributed by atoms with Crippen LogP contribution < -0.4 is 5.32 Å². The van der Waals surface area contributed by atoms with Crippen LogP contribution in [-0.4, -0.2) is 22.2 Å². The summed E-state index contributed by atoms with van der Waals surface area (Å²) >= 11 is 3.14. The Morgan fingerprint density at radius 2 is 2.33 bits per heavy atom. The highest BCUT2D eigenvalue weighted by Gasteiger charge is 2.11. The van der Waals surface area contributed by atoms with Crippen LogP contribution in [-0.2, 0) is 6.54 Å². The second-order valence-electron chi connectivity index (χ2n) is 3.65. The Labute approximate surface area is 112 Å². The van der Waals surface area contributed by atoms with E-state index in [2.05, 4.69) is 26.3 Å². The van der Waals surface area contributed by atoms with Crippen LogP contribution in [0.15, 0.2) is 41.1 Å². The van der Waals surface area contributed by atoms with Crippen molar-refractivity contribution in [2.24, 2.45) is 0 Å². The number of carbonyl (C=O) groups is 1. The molecule has 0 saturated carbocycles. The molecule has 0 aliphatic carbocycles. The van der Waals surface area contributed by atoms with Crippen LogP contribution in [0.2, 0.25) is 0 Å². The van der Waals surface area contributed by atoms with Crippen molar-refractivity contribution in [3.05, 3.63) is 52.5 Å². The van der Waals surface area contributed by atoms with Gasteiger partial charge in [-0.2, -0.15) is 5.10 Å². The summed E-state index contributed by atoms with van der Waals surface area (Å²) in [6, 6.07) is 6.15. The zero-order valence-corrected chi connectivity index (χ0v) is 11.0. The fourth-order valence-electron chi connectivity index (χ4n) is 1.49. The number of aromatic nitrogens is 2. The van der Waals surface area contributed by atoms with Gasteiger partial charge in [0.15, 0.2) is 0 Å². The van der Waals surface area contributed by atoms with E-state index < -0.39 is 11.7 Å². The summed E-state index contributed by atoms with van der Waals surface area (Å²) in [6.45, 7) is 0.951. The Morgan fingerprint density at radius 1 is 1.50 bits per heavy atom. The number of halogens is 2. The molecule has 1 heterocycles. The molecule has 0 unspecified atom stereocenters. The Kier molecular flexibility index (Phi) is 4.09. The summed E-state index contributed by atoms with van der Waals surface area (Å²) in [6.07, 6.45) is 3.46. The number of hydrogen-bond donors (Lipinski definition) is 1. The summed E-state index contributed by atoms with van der Waals surface area (Å²) in [5, 5.41) is 6.64. The largest absolute Gasteiger partial charge is 0.350 e. The van der Waals surface area contributed by atoms with Gasteiger partial charge in [-0.05, 0) is 24.3 Å². The number of hydrogen-bond acceptors (Lipinski definition) is 2. The topological polar surface area (TPSA) is 46.9 Å². The van der Waals surface area contributed by atoms with Crippen LogP contribution in [0.25, 0.3) is 0 Å². The first-order valence-corrected chi connectivity index (χ1v) is 6.17. The summed E-state index contributed by atoms with van der Waals surface area (Å²) in [5.74, 6) is -0.965. The van der Waals surface area contributed by atoms with Crippen LogP contribution in [0.4, 0.5) is 4.39 Å². The normalized spacial score (nSPS) is 10.3. The minimum atomic E-state index is -0.541. The minimum absolute atomic E-state index is 0.0404. The Balaban J connectivity index is 1.91. The highest BCUT2D eigenvalue weighted by molar-refractivity contribution is 9.10. The van der Waals surface area contributed by atoms with E-state index in [-0.39, 0.29) is 5.56 Å². The van der Waals surface area contributed by atoms with Crippen molar-refractivity contribution in [1.29, 1.82) is 0 Å². The average molecular weight is 312 g/mol. The van der Waals surface area contributed by atoms with E-state index in [0.717, 1.165) is 0 Å². The van der Waals surface area contributed by atoms with Crippen molar-refractivity contribution in [2.45, 2.75) is 6.54 Å². The van der Waals surface area contributed by atoms with Gasteiger partial charge in [0.2, 0.25) is 0 Å². The number of nitrogens with zero attached hydrogens (tertiary/aromatic N) is 2. The number of rotatable bonds is 4. The van der Waals surface area contributed by atoms with Gasteiger partial charge in [0.05, 0.1) is 12.1 Å². The SMILES string of the molecule is O=C(NCCn1cccn1)c1ccc(Br)cc1F. The fraction of sp³-hybridized carbons (Fsp3) is 0.167. The number of benzene rings is 1. The van der Waals surface area contributed by atoms with Crippen molar-refractivity contribution in [2.75, 3.05) is 6.54 Å². The maximum absolute atomic E-state index is 13.5. The van der Waals surface area contributed by atoms with E-state index in [1.54, 1.807) is 29.2 Å². The van der Waals surface area contributed by atoms with Crippen LogP contribution in [0.1, 0.15) is 10.4 Å². The number of amides is 1. The van der Waals surface area contributed by atoms with Crippen LogP contribution in [0.3, 0.4) is 0 Å². The third-order valence-corrected chi connectivity index (χ3v) is 2.85. The molecule has 94 valence electrons. The van der Waals surface area contributed by atoms with Crippen molar-refractivity contribution in [3.8, 4) is 0 Å². The fourth-order valence-corrected chi connectivity index (χ4v) is 1.82. The maximum Gasteiger partial charge on any atom is 0.254 e. The first-order valence-electron chi connectivity index (χ1n) is 5.37. The molecular weight excluding hydrogens is 301 g/mol. The lowest BCUT2D eigenvalue weighted by Crippen LogP contribution is -2.28. The van der Waals surface area contributed by atoms with Crippen LogP contribution in [0.5, 0.6) is 0 Å². The molecule has 0 fully saturated rings. The molecule has 2 rings (SSSR count). The van der Waals surface area contributed by atoms with Crippen molar-refractivity contribution in [1.82, 2.24) is 15.1 Å². The molecule has 0 aliphatic rings. The molecule has 1 aromatic heterocycles.